The van der Waals surface area contributed by atoms with Gasteiger partial charge in [0.15, 0.2) is 0 Å². The Morgan fingerprint density at radius 1 is 1.18 bits per heavy atom. The van der Waals surface area contributed by atoms with Gasteiger partial charge in [0, 0.05) is 46.0 Å². The van der Waals surface area contributed by atoms with Crippen molar-refractivity contribution in [2.45, 2.75) is 51.2 Å². The third-order valence-electron chi connectivity index (χ3n) is 7.56. The van der Waals surface area contributed by atoms with E-state index in [9.17, 15) is 9.18 Å². The number of pyridine rings is 1. The Balaban J connectivity index is 1.55. The van der Waals surface area contributed by atoms with Crippen LogP contribution in [-0.2, 0) is 6.54 Å². The maximum absolute atomic E-state index is 14.5. The van der Waals surface area contributed by atoms with Gasteiger partial charge in [0.2, 0.25) is 5.95 Å². The van der Waals surface area contributed by atoms with Crippen molar-refractivity contribution in [3.8, 4) is 16.9 Å². The molecule has 1 saturated carbocycles. The second kappa shape index (κ2) is 11.4. The number of halogens is 2. The monoisotopic (exact) mass is 551 g/mol. The van der Waals surface area contributed by atoms with Gasteiger partial charge >= 0.3 is 0 Å². The average Bonchev–Trinajstić information content (AvgIpc) is 3.29. The number of methoxy groups -OCH3 is 1. The fourth-order valence-corrected chi connectivity index (χ4v) is 7.07. The third-order valence-corrected chi connectivity index (χ3v) is 9.19. The Hall–Kier alpha value is -3.00. The molecular formula is C30H31ClFN3O2S. The number of carbonyl (C=O) groups excluding carboxylic acids is 1. The predicted molar refractivity (Wildman–Crippen MR) is 153 cm³/mol. The number of nitrogens with one attached hydrogen (secondary N) is 1. The van der Waals surface area contributed by atoms with Gasteiger partial charge in [-0.05, 0) is 81.1 Å². The highest BCUT2D eigenvalue weighted by Crippen LogP contribution is 2.40. The first kappa shape index (κ1) is 26.6. The number of benzene rings is 2. The van der Waals surface area contributed by atoms with E-state index < -0.39 is 5.95 Å². The van der Waals surface area contributed by atoms with Gasteiger partial charge in [-0.15, -0.1) is 11.3 Å². The fourth-order valence-electron chi connectivity index (χ4n) is 5.44. The molecule has 1 N–H and O–H groups in total. The van der Waals surface area contributed by atoms with Crippen LogP contribution >= 0.6 is 22.9 Å². The molecule has 38 heavy (non-hydrogen) atoms. The molecule has 5 nitrogen and oxygen atoms in total. The molecular weight excluding hydrogens is 521 g/mol. The average molecular weight is 552 g/mol. The molecule has 2 aromatic carbocycles. The summed E-state index contributed by atoms with van der Waals surface area (Å²) in [6, 6.07) is 15.5. The van der Waals surface area contributed by atoms with Gasteiger partial charge in [-0.2, -0.15) is 4.39 Å². The Labute approximate surface area is 231 Å². The fraction of sp³-hybridized carbons (Fsp3) is 0.333. The minimum absolute atomic E-state index is 0.0537. The lowest BCUT2D eigenvalue weighted by Gasteiger charge is -2.37. The van der Waals surface area contributed by atoms with E-state index in [0.717, 1.165) is 46.9 Å². The van der Waals surface area contributed by atoms with Crippen molar-refractivity contribution in [2.75, 3.05) is 14.2 Å². The van der Waals surface area contributed by atoms with Crippen LogP contribution in [0.4, 0.5) is 4.39 Å². The Bertz CT molecular complexity index is 1470. The maximum Gasteiger partial charge on any atom is 0.266 e. The first-order valence-electron chi connectivity index (χ1n) is 12.8. The van der Waals surface area contributed by atoms with Gasteiger partial charge in [-0.25, -0.2) is 4.98 Å². The van der Waals surface area contributed by atoms with E-state index in [1.165, 1.54) is 17.5 Å². The number of nitrogens with zero attached hydrogens (tertiary/aromatic N) is 2. The molecule has 0 unspecified atom stereocenters. The smallest absolute Gasteiger partial charge is 0.266 e. The van der Waals surface area contributed by atoms with Gasteiger partial charge in [0.25, 0.3) is 5.91 Å². The molecule has 0 saturated heterocycles. The number of hydrogen-bond donors (Lipinski definition) is 1. The topological polar surface area (TPSA) is 54.5 Å². The van der Waals surface area contributed by atoms with Crippen LogP contribution in [0.25, 0.3) is 21.2 Å². The normalized spacial score (nSPS) is 17.5. The summed E-state index contributed by atoms with van der Waals surface area (Å²) in [7, 11) is 3.60. The van der Waals surface area contributed by atoms with Crippen molar-refractivity contribution in [1.82, 2.24) is 15.2 Å². The molecule has 198 valence electrons. The van der Waals surface area contributed by atoms with Crippen molar-refractivity contribution in [3.05, 3.63) is 81.7 Å². The summed E-state index contributed by atoms with van der Waals surface area (Å²) in [4.78, 5) is 20.5. The molecule has 1 aliphatic rings. The van der Waals surface area contributed by atoms with Gasteiger partial charge in [0.1, 0.15) is 10.6 Å². The quantitative estimate of drug-likeness (QED) is 0.246. The third kappa shape index (κ3) is 5.15. The van der Waals surface area contributed by atoms with Crippen LogP contribution in [0.2, 0.25) is 5.02 Å². The van der Waals surface area contributed by atoms with Crippen molar-refractivity contribution >= 4 is 38.9 Å². The van der Waals surface area contributed by atoms with E-state index in [2.05, 4.69) is 10.3 Å². The molecule has 8 heteroatoms. The Morgan fingerprint density at radius 3 is 2.66 bits per heavy atom. The molecule has 0 atom stereocenters. The predicted octanol–water partition coefficient (Wildman–Crippen LogP) is 7.25. The van der Waals surface area contributed by atoms with Crippen molar-refractivity contribution < 1.29 is 13.9 Å². The standard InChI is InChI=1S/C30H31ClFN3O2S/c1-18-6-4-8-25-26(18)27(31)28(38-25)30(36)35(22-12-10-21(33-2)11-13-22)17-20-16-19(9-14-24(20)37-3)23-7-5-15-34-29(23)32/h4-9,14-16,21-22,33H,10-13,17H2,1-3H3/t21-,22-. The summed E-state index contributed by atoms with van der Waals surface area (Å²) in [6.45, 7) is 2.34. The summed E-state index contributed by atoms with van der Waals surface area (Å²) in [6.07, 6.45) is 5.18. The van der Waals surface area contributed by atoms with Crippen LogP contribution in [0, 0.1) is 12.9 Å². The molecule has 2 heterocycles. The number of amides is 1. The molecule has 0 aliphatic heterocycles. The van der Waals surface area contributed by atoms with Crippen molar-refractivity contribution in [2.24, 2.45) is 0 Å². The highest BCUT2D eigenvalue weighted by molar-refractivity contribution is 7.21. The lowest BCUT2D eigenvalue weighted by atomic mass is 9.89. The summed E-state index contributed by atoms with van der Waals surface area (Å²) < 4.78 is 21.2. The molecule has 0 spiro atoms. The molecule has 1 fully saturated rings. The van der Waals surface area contributed by atoms with Crippen molar-refractivity contribution in [1.29, 1.82) is 0 Å². The summed E-state index contributed by atoms with van der Waals surface area (Å²) in [5.41, 5.74) is 2.96. The largest absolute Gasteiger partial charge is 0.496 e. The zero-order valence-corrected chi connectivity index (χ0v) is 23.3. The Morgan fingerprint density at radius 2 is 1.97 bits per heavy atom. The van der Waals surface area contributed by atoms with E-state index in [1.807, 2.05) is 55.3 Å². The zero-order chi connectivity index (χ0) is 26.8. The van der Waals surface area contributed by atoms with Gasteiger partial charge < -0.3 is 15.0 Å². The van der Waals surface area contributed by atoms with Crippen LogP contribution in [0.15, 0.2) is 54.7 Å². The lowest BCUT2D eigenvalue weighted by molar-refractivity contribution is 0.0604. The second-order valence-corrected chi connectivity index (χ2v) is 11.2. The number of aryl methyl sites for hydroxylation is 1. The maximum atomic E-state index is 14.5. The van der Waals surface area contributed by atoms with Crippen LogP contribution < -0.4 is 10.1 Å². The molecule has 1 amide bonds. The van der Waals surface area contributed by atoms with Crippen LogP contribution in [0.1, 0.15) is 46.5 Å². The molecule has 5 rings (SSSR count). The summed E-state index contributed by atoms with van der Waals surface area (Å²) in [5, 5.41) is 4.82. The van der Waals surface area contributed by atoms with Crippen LogP contribution in [-0.4, -0.2) is 42.0 Å². The van der Waals surface area contributed by atoms with Crippen LogP contribution in [0.3, 0.4) is 0 Å². The number of hydrogen-bond acceptors (Lipinski definition) is 5. The molecule has 4 aromatic rings. The number of fused-ring (bicyclic) bond motifs is 1. The number of aromatic nitrogens is 1. The minimum atomic E-state index is -0.533. The van der Waals surface area contributed by atoms with Crippen LogP contribution in [0.5, 0.6) is 5.75 Å². The molecule has 2 aromatic heterocycles. The lowest BCUT2D eigenvalue weighted by Crippen LogP contribution is -2.44. The number of ether oxygens (including phenoxy) is 1. The van der Waals surface area contributed by atoms with E-state index in [4.69, 9.17) is 16.3 Å². The van der Waals surface area contributed by atoms with E-state index >= 15 is 0 Å². The summed E-state index contributed by atoms with van der Waals surface area (Å²) in [5.74, 6) is 0.0379. The zero-order valence-electron chi connectivity index (χ0n) is 21.8. The molecule has 0 radical (unpaired) electrons. The summed E-state index contributed by atoms with van der Waals surface area (Å²) >= 11 is 8.29. The number of carbonyl (C=O) groups is 1. The number of thiophene rings is 1. The number of rotatable bonds is 7. The first-order chi connectivity index (χ1) is 18.4. The van der Waals surface area contributed by atoms with E-state index in [1.54, 1.807) is 19.2 Å². The minimum Gasteiger partial charge on any atom is -0.496 e. The molecule has 1 aliphatic carbocycles. The first-order valence-corrected chi connectivity index (χ1v) is 14.0. The highest BCUT2D eigenvalue weighted by atomic mass is 35.5. The van der Waals surface area contributed by atoms with Gasteiger partial charge in [-0.3, -0.25) is 4.79 Å². The second-order valence-electron chi connectivity index (χ2n) is 9.79. The highest BCUT2D eigenvalue weighted by Gasteiger charge is 2.32. The molecule has 0 bridgehead atoms. The van der Waals surface area contributed by atoms with E-state index in [0.29, 0.717) is 39.4 Å². The van der Waals surface area contributed by atoms with E-state index in [-0.39, 0.29) is 11.9 Å². The van der Waals surface area contributed by atoms with Gasteiger partial charge in [0.05, 0.1) is 12.1 Å². The van der Waals surface area contributed by atoms with Crippen molar-refractivity contribution in [3.63, 3.8) is 0 Å². The Kier molecular flexibility index (Phi) is 7.98. The SMILES string of the molecule is CN[C@H]1CC[C@H](N(Cc2cc(-c3cccnc3F)ccc2OC)C(=O)c2sc3cccc(C)c3c2Cl)CC1. The van der Waals surface area contributed by atoms with Gasteiger partial charge in [-0.1, -0.05) is 29.8 Å².